The number of hydrogen-bond donors (Lipinski definition) is 0. The van der Waals surface area contributed by atoms with Crippen LogP contribution in [-0.4, -0.2) is 30.8 Å². The van der Waals surface area contributed by atoms with E-state index in [-0.39, 0.29) is 17.8 Å². The number of aromatic nitrogens is 1. The van der Waals surface area contributed by atoms with Crippen LogP contribution >= 0.6 is 11.6 Å². The molecular weight excluding hydrogens is 255 g/mol. The normalized spacial score (nSPS) is 20.8. The minimum Gasteiger partial charge on any atom is -0.376 e. The summed E-state index contributed by atoms with van der Waals surface area (Å²) in [7, 11) is 0. The van der Waals surface area contributed by atoms with E-state index in [1.54, 1.807) is 0 Å². The molecule has 0 N–H and O–H groups in total. The van der Waals surface area contributed by atoms with Gasteiger partial charge in [0.05, 0.1) is 18.2 Å². The van der Waals surface area contributed by atoms with E-state index in [2.05, 4.69) is 16.8 Å². The van der Waals surface area contributed by atoms with E-state index >= 15 is 0 Å². The van der Waals surface area contributed by atoms with Gasteiger partial charge in [-0.2, -0.15) is 0 Å². The number of alkyl halides is 1. The fourth-order valence-corrected chi connectivity index (χ4v) is 2.39. The third-order valence-corrected chi connectivity index (χ3v) is 3.45. The molecule has 1 fully saturated rings. The van der Waals surface area contributed by atoms with Crippen molar-refractivity contribution in [3.05, 3.63) is 23.6 Å². The van der Waals surface area contributed by atoms with E-state index in [1.807, 2.05) is 0 Å². The quantitative estimate of drug-likeness (QED) is 0.791. The maximum atomic E-state index is 13.2. The van der Waals surface area contributed by atoms with Crippen LogP contribution in [-0.2, 0) is 10.6 Å². The van der Waals surface area contributed by atoms with Crippen LogP contribution in [0.3, 0.4) is 0 Å². The molecule has 0 radical (unpaired) electrons. The Hall–Kier alpha value is -0.870. The molecule has 0 bridgehead atoms. The Kier molecular flexibility index (Phi) is 4.78. The fourth-order valence-electron chi connectivity index (χ4n) is 2.19. The Morgan fingerprint density at radius 2 is 2.44 bits per heavy atom. The predicted octanol–water partition coefficient (Wildman–Crippen LogP) is 2.96. The van der Waals surface area contributed by atoms with Crippen LogP contribution in [0.25, 0.3) is 0 Å². The van der Waals surface area contributed by atoms with Gasteiger partial charge >= 0.3 is 0 Å². The molecular formula is C13H18ClFN2O. The lowest BCUT2D eigenvalue weighted by molar-refractivity contribution is 0.0664. The van der Waals surface area contributed by atoms with Crippen LogP contribution in [0.15, 0.2) is 12.3 Å². The van der Waals surface area contributed by atoms with Crippen molar-refractivity contribution >= 4 is 17.4 Å². The number of rotatable bonds is 3. The predicted molar refractivity (Wildman–Crippen MR) is 70.6 cm³/mol. The van der Waals surface area contributed by atoms with Crippen molar-refractivity contribution < 1.29 is 9.13 Å². The minimum atomic E-state index is -0.340. The number of anilines is 1. The molecule has 3 nitrogen and oxygen atoms in total. The molecule has 0 aromatic carbocycles. The highest BCUT2D eigenvalue weighted by Crippen LogP contribution is 2.23. The lowest BCUT2D eigenvalue weighted by Crippen LogP contribution is -2.32. The molecule has 0 saturated carbocycles. The van der Waals surface area contributed by atoms with Gasteiger partial charge < -0.3 is 9.64 Å². The van der Waals surface area contributed by atoms with Crippen molar-refractivity contribution in [1.29, 1.82) is 0 Å². The number of ether oxygens (including phenoxy) is 1. The zero-order valence-electron chi connectivity index (χ0n) is 10.5. The Morgan fingerprint density at radius 3 is 3.17 bits per heavy atom. The second-order valence-electron chi connectivity index (χ2n) is 4.47. The second-order valence-corrected chi connectivity index (χ2v) is 4.74. The maximum Gasteiger partial charge on any atom is 0.141 e. The Bertz CT molecular complexity index is 403. The van der Waals surface area contributed by atoms with Gasteiger partial charge in [0.15, 0.2) is 0 Å². The summed E-state index contributed by atoms with van der Waals surface area (Å²) in [5.41, 5.74) is 0.744. The van der Waals surface area contributed by atoms with Crippen molar-refractivity contribution in [2.45, 2.75) is 31.7 Å². The molecule has 1 aliphatic heterocycles. The smallest absolute Gasteiger partial charge is 0.141 e. The van der Waals surface area contributed by atoms with Crippen molar-refractivity contribution in [3.8, 4) is 0 Å². The Labute approximate surface area is 112 Å². The van der Waals surface area contributed by atoms with E-state index in [9.17, 15) is 4.39 Å². The van der Waals surface area contributed by atoms with E-state index in [0.717, 1.165) is 43.9 Å². The molecule has 2 heterocycles. The van der Waals surface area contributed by atoms with Gasteiger partial charge in [-0.15, -0.1) is 11.6 Å². The van der Waals surface area contributed by atoms with Gasteiger partial charge in [0.25, 0.3) is 0 Å². The molecule has 1 aliphatic rings. The molecule has 2 rings (SSSR count). The third kappa shape index (κ3) is 3.12. The first-order valence-electron chi connectivity index (χ1n) is 6.31. The summed E-state index contributed by atoms with van der Waals surface area (Å²) >= 11 is 5.87. The fraction of sp³-hybridized carbons (Fsp3) is 0.615. The van der Waals surface area contributed by atoms with Crippen LogP contribution in [0.2, 0.25) is 0 Å². The number of nitrogens with zero attached hydrogens (tertiary/aromatic N) is 2. The molecule has 100 valence electrons. The first-order valence-corrected chi connectivity index (χ1v) is 6.85. The second kappa shape index (κ2) is 6.34. The topological polar surface area (TPSA) is 25.4 Å². The minimum absolute atomic E-state index is 0.211. The number of halogens is 2. The molecule has 0 aliphatic carbocycles. The van der Waals surface area contributed by atoms with Crippen LogP contribution in [0.5, 0.6) is 0 Å². The van der Waals surface area contributed by atoms with Gasteiger partial charge in [-0.1, -0.05) is 6.92 Å². The summed E-state index contributed by atoms with van der Waals surface area (Å²) in [6, 6.07) is 1.46. The summed E-state index contributed by atoms with van der Waals surface area (Å²) in [5.74, 6) is 0.719. The first-order chi connectivity index (χ1) is 8.74. The van der Waals surface area contributed by atoms with Crippen molar-refractivity contribution in [1.82, 2.24) is 4.98 Å². The number of pyridine rings is 1. The van der Waals surface area contributed by atoms with Gasteiger partial charge in [-0.25, -0.2) is 9.37 Å². The van der Waals surface area contributed by atoms with Crippen LogP contribution in [0.1, 0.15) is 25.3 Å². The van der Waals surface area contributed by atoms with E-state index in [0.29, 0.717) is 0 Å². The Balaban J connectivity index is 2.23. The SMILES string of the molecule is CCC1CN(c2ncc(F)cc2CCl)CCCO1. The molecule has 5 heteroatoms. The van der Waals surface area contributed by atoms with Crippen molar-refractivity contribution in [3.63, 3.8) is 0 Å². The summed E-state index contributed by atoms with van der Waals surface area (Å²) < 4.78 is 18.9. The highest BCUT2D eigenvalue weighted by atomic mass is 35.5. The van der Waals surface area contributed by atoms with Crippen LogP contribution in [0.4, 0.5) is 10.2 Å². The van der Waals surface area contributed by atoms with E-state index < -0.39 is 0 Å². The zero-order valence-corrected chi connectivity index (χ0v) is 11.3. The molecule has 1 atom stereocenters. The summed E-state index contributed by atoms with van der Waals surface area (Å²) in [4.78, 5) is 6.35. The number of hydrogen-bond acceptors (Lipinski definition) is 3. The van der Waals surface area contributed by atoms with Crippen molar-refractivity contribution in [2.75, 3.05) is 24.6 Å². The van der Waals surface area contributed by atoms with E-state index in [1.165, 1.54) is 12.3 Å². The maximum absolute atomic E-state index is 13.2. The lowest BCUT2D eigenvalue weighted by Gasteiger charge is -2.26. The molecule has 1 saturated heterocycles. The largest absolute Gasteiger partial charge is 0.376 e. The average Bonchev–Trinajstić information content (AvgIpc) is 2.63. The molecule has 18 heavy (non-hydrogen) atoms. The van der Waals surface area contributed by atoms with Crippen LogP contribution < -0.4 is 4.90 Å². The van der Waals surface area contributed by atoms with Gasteiger partial charge in [0.2, 0.25) is 0 Å². The monoisotopic (exact) mass is 272 g/mol. The van der Waals surface area contributed by atoms with Gasteiger partial charge in [0.1, 0.15) is 11.6 Å². The average molecular weight is 273 g/mol. The van der Waals surface area contributed by atoms with Crippen LogP contribution in [0, 0.1) is 5.82 Å². The van der Waals surface area contributed by atoms with Gasteiger partial charge in [0, 0.05) is 25.3 Å². The first kappa shape index (κ1) is 13.6. The summed E-state index contributed by atoms with van der Waals surface area (Å²) in [5, 5.41) is 0. The van der Waals surface area contributed by atoms with Gasteiger partial charge in [-0.05, 0) is 18.9 Å². The summed E-state index contributed by atoms with van der Waals surface area (Å²) in [6.07, 6.45) is 3.38. The Morgan fingerprint density at radius 1 is 1.61 bits per heavy atom. The van der Waals surface area contributed by atoms with E-state index in [4.69, 9.17) is 16.3 Å². The highest BCUT2D eigenvalue weighted by Gasteiger charge is 2.20. The molecule has 1 aromatic rings. The van der Waals surface area contributed by atoms with Gasteiger partial charge in [-0.3, -0.25) is 0 Å². The standard InChI is InChI=1S/C13H18ClFN2O/c1-2-12-9-17(4-3-5-18-12)13-10(7-14)6-11(15)8-16-13/h6,8,12H,2-5,7,9H2,1H3. The summed E-state index contributed by atoms with van der Waals surface area (Å²) in [6.45, 7) is 4.54. The van der Waals surface area contributed by atoms with Crippen molar-refractivity contribution in [2.24, 2.45) is 0 Å². The molecule has 0 spiro atoms. The zero-order chi connectivity index (χ0) is 13.0. The third-order valence-electron chi connectivity index (χ3n) is 3.16. The lowest BCUT2D eigenvalue weighted by atomic mass is 10.2. The molecule has 1 unspecified atom stereocenters. The highest BCUT2D eigenvalue weighted by molar-refractivity contribution is 6.17. The molecule has 1 aromatic heterocycles. The molecule has 0 amide bonds.